The van der Waals surface area contributed by atoms with Crippen LogP contribution in [0.25, 0.3) is 0 Å². The van der Waals surface area contributed by atoms with E-state index in [1.807, 2.05) is 24.3 Å². The molecular formula is C14H21O2. The van der Waals surface area contributed by atoms with Gasteiger partial charge in [-0.15, -0.1) is 0 Å². The van der Waals surface area contributed by atoms with Crippen molar-refractivity contribution in [1.82, 2.24) is 0 Å². The zero-order valence-electron chi connectivity index (χ0n) is 10.2. The molecule has 0 heterocycles. The Kier molecular flexibility index (Phi) is 9.38. The molecule has 1 aromatic rings. The lowest BCUT2D eigenvalue weighted by atomic mass is 10.2. The molecule has 1 radical (unpaired) electrons. The fourth-order valence-corrected chi connectivity index (χ4v) is 1.17. The first-order valence-corrected chi connectivity index (χ1v) is 5.81. The Morgan fingerprint density at radius 2 is 1.88 bits per heavy atom. The molecule has 0 atom stereocenters. The second-order valence-corrected chi connectivity index (χ2v) is 3.78. The molecule has 0 unspecified atom stereocenters. The van der Waals surface area contributed by atoms with Crippen LogP contribution in [0.4, 0.5) is 0 Å². The second-order valence-electron chi connectivity index (χ2n) is 3.78. The van der Waals surface area contributed by atoms with E-state index in [4.69, 9.17) is 5.11 Å². The van der Waals surface area contributed by atoms with Crippen molar-refractivity contribution in [2.75, 3.05) is 0 Å². The molecule has 0 aliphatic carbocycles. The molecule has 1 N–H and O–H groups in total. The van der Waals surface area contributed by atoms with Crippen LogP contribution in [0, 0.1) is 13.0 Å². The molecule has 2 nitrogen and oxygen atoms in total. The normalized spacial score (nSPS) is 9.12. The summed E-state index contributed by atoms with van der Waals surface area (Å²) in [6.45, 7) is 4.18. The van der Waals surface area contributed by atoms with Gasteiger partial charge in [-0.25, -0.2) is 0 Å². The molecule has 0 aromatic heterocycles. The van der Waals surface area contributed by atoms with Gasteiger partial charge in [0.25, 0.3) is 0 Å². The Labute approximate surface area is 98.3 Å². The average Bonchev–Trinajstić information content (AvgIpc) is 2.26. The molecule has 0 aliphatic heterocycles. The minimum atomic E-state index is -0.675. The van der Waals surface area contributed by atoms with Gasteiger partial charge in [0.05, 0.1) is 0 Å². The Hall–Kier alpha value is -1.31. The van der Waals surface area contributed by atoms with E-state index in [0.29, 0.717) is 6.42 Å². The van der Waals surface area contributed by atoms with Crippen molar-refractivity contribution < 1.29 is 9.90 Å². The van der Waals surface area contributed by atoms with Crippen molar-refractivity contribution in [3.8, 4) is 0 Å². The fourth-order valence-electron chi connectivity index (χ4n) is 1.17. The summed E-state index contributed by atoms with van der Waals surface area (Å²) >= 11 is 0. The topological polar surface area (TPSA) is 37.3 Å². The molecule has 2 heteroatoms. The highest BCUT2D eigenvalue weighted by Crippen LogP contribution is 2.01. The van der Waals surface area contributed by atoms with Crippen LogP contribution in [0.15, 0.2) is 24.3 Å². The molecule has 0 saturated heterocycles. The van der Waals surface area contributed by atoms with Crippen LogP contribution >= 0.6 is 0 Å². The number of hydrogen-bond acceptors (Lipinski definition) is 1. The van der Waals surface area contributed by atoms with Gasteiger partial charge in [-0.2, -0.15) is 0 Å². The Bertz CT molecular complexity index is 267. The van der Waals surface area contributed by atoms with Crippen molar-refractivity contribution >= 4 is 5.97 Å². The van der Waals surface area contributed by atoms with E-state index < -0.39 is 5.97 Å². The number of benzene rings is 1. The number of aryl methyl sites for hydroxylation is 1. The zero-order valence-corrected chi connectivity index (χ0v) is 10.2. The third-order valence-corrected chi connectivity index (χ3v) is 2.13. The van der Waals surface area contributed by atoms with Crippen molar-refractivity contribution in [1.29, 1.82) is 0 Å². The quantitative estimate of drug-likeness (QED) is 0.767. The summed E-state index contributed by atoms with van der Waals surface area (Å²) in [5, 5.41) is 8.21. The maximum Gasteiger partial charge on any atom is 0.303 e. The Morgan fingerprint density at radius 1 is 1.25 bits per heavy atom. The summed E-state index contributed by atoms with van der Waals surface area (Å²) in [5.74, 6) is -0.675. The van der Waals surface area contributed by atoms with Crippen molar-refractivity contribution in [2.24, 2.45) is 0 Å². The summed E-state index contributed by atoms with van der Waals surface area (Å²) in [7, 11) is 0. The maximum atomic E-state index is 9.96. The van der Waals surface area contributed by atoms with Crippen LogP contribution in [0.2, 0.25) is 0 Å². The molecular weight excluding hydrogens is 200 g/mol. The smallest absolute Gasteiger partial charge is 0.303 e. The summed E-state index contributed by atoms with van der Waals surface area (Å²) in [5.41, 5.74) is 1.29. The molecule has 0 fully saturated rings. The lowest BCUT2D eigenvalue weighted by molar-refractivity contribution is -0.137. The van der Waals surface area contributed by atoms with Crippen LogP contribution < -0.4 is 0 Å². The fraction of sp³-hybridized carbons (Fsp3) is 0.500. The summed E-state index contributed by atoms with van der Waals surface area (Å²) < 4.78 is 0. The average molecular weight is 221 g/mol. The van der Waals surface area contributed by atoms with Gasteiger partial charge in [-0.05, 0) is 19.4 Å². The molecule has 1 aromatic carbocycles. The first-order chi connectivity index (χ1) is 7.66. The SMILES string of the molecule is CCCCCCC(=O)O.Cc1cc[c]cc1. The summed E-state index contributed by atoms with van der Waals surface area (Å²) in [6, 6.07) is 10.8. The molecule has 1 rings (SSSR count). The number of rotatable bonds is 5. The number of hydrogen-bond donors (Lipinski definition) is 1. The van der Waals surface area contributed by atoms with Crippen LogP contribution in [0.3, 0.4) is 0 Å². The molecule has 0 amide bonds. The largest absolute Gasteiger partial charge is 0.481 e. The lowest BCUT2D eigenvalue weighted by Crippen LogP contribution is -1.92. The van der Waals surface area contributed by atoms with Gasteiger partial charge in [-0.3, -0.25) is 4.79 Å². The van der Waals surface area contributed by atoms with E-state index in [2.05, 4.69) is 19.9 Å². The third-order valence-electron chi connectivity index (χ3n) is 2.13. The van der Waals surface area contributed by atoms with E-state index in [1.54, 1.807) is 0 Å². The molecule has 0 saturated carbocycles. The standard InChI is InChI=1S/C7H14O2.C7H7/c1-2-3-4-5-6-7(8)9;1-7-5-3-2-4-6-7/h2-6H2,1H3,(H,8,9);3-6H,1H3. The van der Waals surface area contributed by atoms with Crippen molar-refractivity contribution in [3.63, 3.8) is 0 Å². The number of carboxylic acid groups (broad SMARTS) is 1. The first kappa shape index (κ1) is 14.7. The minimum Gasteiger partial charge on any atom is -0.481 e. The van der Waals surface area contributed by atoms with E-state index in [-0.39, 0.29) is 0 Å². The molecule has 0 aliphatic rings. The number of carbonyl (C=O) groups is 1. The summed E-state index contributed by atoms with van der Waals surface area (Å²) in [6.07, 6.45) is 4.55. The highest BCUT2D eigenvalue weighted by atomic mass is 16.4. The van der Waals surface area contributed by atoms with Gasteiger partial charge in [0.15, 0.2) is 0 Å². The highest BCUT2D eigenvalue weighted by Gasteiger charge is 1.93. The van der Waals surface area contributed by atoms with Gasteiger partial charge in [0.1, 0.15) is 0 Å². The van der Waals surface area contributed by atoms with Crippen LogP contribution in [0.1, 0.15) is 44.6 Å². The van der Waals surface area contributed by atoms with Gasteiger partial charge >= 0.3 is 5.97 Å². The molecule has 89 valence electrons. The van der Waals surface area contributed by atoms with E-state index in [1.165, 1.54) is 12.0 Å². The van der Waals surface area contributed by atoms with Crippen LogP contribution in [0.5, 0.6) is 0 Å². The minimum absolute atomic E-state index is 0.333. The van der Waals surface area contributed by atoms with E-state index >= 15 is 0 Å². The van der Waals surface area contributed by atoms with E-state index in [0.717, 1.165) is 19.3 Å². The number of aliphatic carboxylic acids is 1. The number of carboxylic acids is 1. The Morgan fingerprint density at radius 3 is 2.25 bits per heavy atom. The van der Waals surface area contributed by atoms with Gasteiger partial charge in [-0.1, -0.05) is 56.0 Å². The van der Waals surface area contributed by atoms with Crippen LogP contribution in [-0.4, -0.2) is 11.1 Å². The molecule has 0 bridgehead atoms. The molecule has 0 spiro atoms. The molecule has 16 heavy (non-hydrogen) atoms. The zero-order chi connectivity index (χ0) is 12.2. The maximum absolute atomic E-state index is 9.96. The summed E-state index contributed by atoms with van der Waals surface area (Å²) in [4.78, 5) is 9.96. The second kappa shape index (κ2) is 10.2. The van der Waals surface area contributed by atoms with Crippen molar-refractivity contribution in [2.45, 2.75) is 46.0 Å². The number of unbranched alkanes of at least 4 members (excludes halogenated alkanes) is 3. The highest BCUT2D eigenvalue weighted by molar-refractivity contribution is 5.66. The van der Waals surface area contributed by atoms with Crippen LogP contribution in [-0.2, 0) is 4.79 Å². The predicted octanol–water partition coefficient (Wildman–Crippen LogP) is 3.84. The lowest BCUT2D eigenvalue weighted by Gasteiger charge is -1.92. The van der Waals surface area contributed by atoms with E-state index in [9.17, 15) is 4.79 Å². The predicted molar refractivity (Wildman–Crippen MR) is 66.4 cm³/mol. The van der Waals surface area contributed by atoms with Gasteiger partial charge < -0.3 is 5.11 Å². The first-order valence-electron chi connectivity index (χ1n) is 5.81. The van der Waals surface area contributed by atoms with Crippen molar-refractivity contribution in [3.05, 3.63) is 35.9 Å². The van der Waals surface area contributed by atoms with Gasteiger partial charge in [0.2, 0.25) is 0 Å². The third kappa shape index (κ3) is 10.8. The monoisotopic (exact) mass is 221 g/mol. The van der Waals surface area contributed by atoms with Gasteiger partial charge in [0, 0.05) is 6.42 Å². The Balaban J connectivity index is 0.000000288.